The second-order valence-electron chi connectivity index (χ2n) is 4.71. The molecule has 90 valence electrons. The minimum absolute atomic E-state index is 0.0469. The van der Waals surface area contributed by atoms with Crippen molar-refractivity contribution in [3.05, 3.63) is 23.8 Å². The Morgan fingerprint density at radius 2 is 2.12 bits per heavy atom. The predicted octanol–water partition coefficient (Wildman–Crippen LogP) is 2.36. The Labute approximate surface area is 99.5 Å². The molecule has 0 aliphatic carbocycles. The molecule has 0 fully saturated rings. The summed E-state index contributed by atoms with van der Waals surface area (Å²) in [5, 5.41) is 0. The fraction of sp³-hybridized carbons (Fsp3) is 0.385. The molecule has 0 amide bonds. The van der Waals surface area contributed by atoms with E-state index in [9.17, 15) is 9.59 Å². The minimum Gasteiger partial charge on any atom is -0.486 e. The summed E-state index contributed by atoms with van der Waals surface area (Å²) in [4.78, 5) is 22.7. The van der Waals surface area contributed by atoms with Crippen LogP contribution in [-0.2, 0) is 4.79 Å². The van der Waals surface area contributed by atoms with Gasteiger partial charge in [0.15, 0.2) is 5.78 Å². The van der Waals surface area contributed by atoms with E-state index in [1.54, 1.807) is 18.2 Å². The molecular weight excluding hydrogens is 220 g/mol. The van der Waals surface area contributed by atoms with Gasteiger partial charge in [0.2, 0.25) is 0 Å². The lowest BCUT2D eigenvalue weighted by molar-refractivity contribution is -0.131. The monoisotopic (exact) mass is 234 g/mol. The summed E-state index contributed by atoms with van der Waals surface area (Å²) >= 11 is 0. The average Bonchev–Trinajstić information content (AvgIpc) is 2.13. The van der Waals surface area contributed by atoms with Gasteiger partial charge in [0.1, 0.15) is 17.1 Å². The highest BCUT2D eigenvalue weighted by Crippen LogP contribution is 2.35. The number of fused-ring (bicyclic) bond motifs is 1. The van der Waals surface area contributed by atoms with Crippen molar-refractivity contribution in [1.29, 1.82) is 0 Å². The van der Waals surface area contributed by atoms with E-state index in [4.69, 9.17) is 9.47 Å². The molecule has 1 aliphatic rings. The summed E-state index contributed by atoms with van der Waals surface area (Å²) < 4.78 is 10.7. The van der Waals surface area contributed by atoms with Crippen molar-refractivity contribution in [2.45, 2.75) is 32.8 Å². The summed E-state index contributed by atoms with van der Waals surface area (Å²) in [7, 11) is 0. The lowest BCUT2D eigenvalue weighted by Gasteiger charge is -2.31. The lowest BCUT2D eigenvalue weighted by Crippen LogP contribution is -2.35. The van der Waals surface area contributed by atoms with E-state index in [1.807, 2.05) is 13.8 Å². The SMILES string of the molecule is CC(=O)Oc1ccc2c(c1)OC(C)(C)CC2=O. The topological polar surface area (TPSA) is 52.6 Å². The van der Waals surface area contributed by atoms with Gasteiger partial charge in [-0.15, -0.1) is 0 Å². The molecule has 2 rings (SSSR count). The first-order chi connectivity index (χ1) is 7.87. The molecule has 1 aliphatic heterocycles. The van der Waals surface area contributed by atoms with Gasteiger partial charge in [-0.05, 0) is 26.0 Å². The number of rotatable bonds is 1. The maximum absolute atomic E-state index is 11.8. The van der Waals surface area contributed by atoms with Gasteiger partial charge in [-0.1, -0.05) is 0 Å². The lowest BCUT2D eigenvalue weighted by atomic mass is 9.93. The van der Waals surface area contributed by atoms with Crippen LogP contribution in [-0.4, -0.2) is 17.4 Å². The zero-order valence-electron chi connectivity index (χ0n) is 10.1. The summed E-state index contributed by atoms with van der Waals surface area (Å²) in [5.74, 6) is 0.517. The van der Waals surface area contributed by atoms with E-state index < -0.39 is 11.6 Å². The summed E-state index contributed by atoms with van der Waals surface area (Å²) in [6, 6.07) is 4.81. The quantitative estimate of drug-likeness (QED) is 0.553. The highest BCUT2D eigenvalue weighted by Gasteiger charge is 2.32. The van der Waals surface area contributed by atoms with Crippen LogP contribution in [0.4, 0.5) is 0 Å². The molecule has 1 heterocycles. The van der Waals surface area contributed by atoms with Crippen LogP contribution in [0, 0.1) is 0 Å². The molecule has 0 N–H and O–H groups in total. The number of hydrogen-bond donors (Lipinski definition) is 0. The van der Waals surface area contributed by atoms with Crippen molar-refractivity contribution < 1.29 is 19.1 Å². The van der Waals surface area contributed by atoms with Gasteiger partial charge in [0, 0.05) is 13.0 Å². The van der Waals surface area contributed by atoms with Crippen LogP contribution in [0.3, 0.4) is 0 Å². The van der Waals surface area contributed by atoms with Gasteiger partial charge >= 0.3 is 5.97 Å². The van der Waals surface area contributed by atoms with Crippen LogP contribution in [0.15, 0.2) is 18.2 Å². The number of ketones is 1. The number of esters is 1. The second-order valence-corrected chi connectivity index (χ2v) is 4.71. The molecule has 1 aromatic carbocycles. The molecule has 0 radical (unpaired) electrons. The van der Waals surface area contributed by atoms with Crippen molar-refractivity contribution in [2.24, 2.45) is 0 Å². The zero-order valence-corrected chi connectivity index (χ0v) is 10.1. The zero-order chi connectivity index (χ0) is 12.6. The van der Waals surface area contributed by atoms with Crippen molar-refractivity contribution >= 4 is 11.8 Å². The van der Waals surface area contributed by atoms with Gasteiger partial charge in [0.05, 0.1) is 12.0 Å². The fourth-order valence-electron chi connectivity index (χ4n) is 1.86. The van der Waals surface area contributed by atoms with Crippen molar-refractivity contribution in [3.8, 4) is 11.5 Å². The fourth-order valence-corrected chi connectivity index (χ4v) is 1.86. The average molecular weight is 234 g/mol. The van der Waals surface area contributed by atoms with E-state index >= 15 is 0 Å². The molecule has 0 atom stereocenters. The number of ether oxygens (including phenoxy) is 2. The number of benzene rings is 1. The van der Waals surface area contributed by atoms with Crippen molar-refractivity contribution in [2.75, 3.05) is 0 Å². The Morgan fingerprint density at radius 3 is 2.76 bits per heavy atom. The first kappa shape index (κ1) is 11.6. The van der Waals surface area contributed by atoms with Crippen molar-refractivity contribution in [1.82, 2.24) is 0 Å². The molecular formula is C13H14O4. The van der Waals surface area contributed by atoms with Crippen LogP contribution in [0.2, 0.25) is 0 Å². The number of Topliss-reactive ketones (excluding diaryl/α,β-unsaturated/α-hetero) is 1. The van der Waals surface area contributed by atoms with Crippen molar-refractivity contribution in [3.63, 3.8) is 0 Å². The molecule has 4 nitrogen and oxygen atoms in total. The Balaban J connectivity index is 2.38. The number of carbonyl (C=O) groups is 2. The van der Waals surface area contributed by atoms with E-state index in [-0.39, 0.29) is 5.78 Å². The van der Waals surface area contributed by atoms with Gasteiger partial charge in [-0.25, -0.2) is 0 Å². The minimum atomic E-state index is -0.515. The maximum Gasteiger partial charge on any atom is 0.308 e. The second kappa shape index (κ2) is 3.87. The Morgan fingerprint density at radius 1 is 1.41 bits per heavy atom. The maximum atomic E-state index is 11.8. The van der Waals surface area contributed by atoms with Crippen LogP contribution >= 0.6 is 0 Å². The summed E-state index contributed by atoms with van der Waals surface area (Å²) in [6.07, 6.45) is 0.354. The van der Waals surface area contributed by atoms with E-state index in [2.05, 4.69) is 0 Å². The first-order valence-corrected chi connectivity index (χ1v) is 5.42. The Hall–Kier alpha value is -1.84. The third-order valence-corrected chi connectivity index (χ3v) is 2.49. The van der Waals surface area contributed by atoms with Crippen LogP contribution in [0.25, 0.3) is 0 Å². The molecule has 1 aromatic rings. The summed E-state index contributed by atoms with van der Waals surface area (Å²) in [5.41, 5.74) is 0.0269. The molecule has 0 unspecified atom stereocenters. The largest absolute Gasteiger partial charge is 0.486 e. The third-order valence-electron chi connectivity index (χ3n) is 2.49. The standard InChI is InChI=1S/C13H14O4/c1-8(14)16-9-4-5-10-11(15)7-13(2,3)17-12(10)6-9/h4-6H,7H2,1-3H3. The van der Waals surface area contributed by atoms with Gasteiger partial charge in [0.25, 0.3) is 0 Å². The first-order valence-electron chi connectivity index (χ1n) is 5.42. The van der Waals surface area contributed by atoms with E-state index in [0.29, 0.717) is 23.5 Å². The molecule has 0 saturated carbocycles. The van der Waals surface area contributed by atoms with Crippen LogP contribution < -0.4 is 9.47 Å². The third kappa shape index (κ3) is 2.46. The molecule has 0 bridgehead atoms. The molecule has 0 spiro atoms. The summed E-state index contributed by atoms with van der Waals surface area (Å²) in [6.45, 7) is 5.04. The Bertz CT molecular complexity index is 488. The molecule has 17 heavy (non-hydrogen) atoms. The number of carbonyl (C=O) groups excluding carboxylic acids is 2. The molecule has 0 aromatic heterocycles. The molecule has 0 saturated heterocycles. The van der Waals surface area contributed by atoms with E-state index in [1.165, 1.54) is 6.92 Å². The molecule has 4 heteroatoms. The highest BCUT2D eigenvalue weighted by atomic mass is 16.5. The van der Waals surface area contributed by atoms with Gasteiger partial charge < -0.3 is 9.47 Å². The highest BCUT2D eigenvalue weighted by molar-refractivity contribution is 6.00. The Kier molecular flexibility index (Phi) is 2.65. The van der Waals surface area contributed by atoms with Gasteiger partial charge in [-0.2, -0.15) is 0 Å². The predicted molar refractivity (Wildman–Crippen MR) is 61.4 cm³/mol. The smallest absolute Gasteiger partial charge is 0.308 e. The van der Waals surface area contributed by atoms with E-state index in [0.717, 1.165) is 0 Å². The van der Waals surface area contributed by atoms with Crippen LogP contribution in [0.5, 0.6) is 11.5 Å². The number of hydrogen-bond acceptors (Lipinski definition) is 4. The van der Waals surface area contributed by atoms with Crippen LogP contribution in [0.1, 0.15) is 37.6 Å². The van der Waals surface area contributed by atoms with Gasteiger partial charge in [-0.3, -0.25) is 9.59 Å². The normalized spacial score (nSPS) is 17.0.